The number of methoxy groups -OCH3 is 1. The number of oxazole rings is 1. The third-order valence-corrected chi connectivity index (χ3v) is 10.6. The Labute approximate surface area is 347 Å². The van der Waals surface area contributed by atoms with Gasteiger partial charge in [0.1, 0.15) is 29.2 Å². The molecule has 3 aromatic carbocycles. The number of hydrogen-bond acceptors (Lipinski definition) is 9. The third kappa shape index (κ3) is 9.49. The van der Waals surface area contributed by atoms with Crippen molar-refractivity contribution in [2.24, 2.45) is 5.92 Å². The van der Waals surface area contributed by atoms with Crippen LogP contribution in [0.15, 0.2) is 89.6 Å². The van der Waals surface area contributed by atoms with E-state index in [1.165, 1.54) is 14.2 Å². The fourth-order valence-electron chi connectivity index (χ4n) is 7.37. The van der Waals surface area contributed by atoms with Gasteiger partial charge in [-0.15, -0.1) is 0 Å². The molecule has 6 N–H and O–H groups in total. The summed E-state index contributed by atoms with van der Waals surface area (Å²) in [4.78, 5) is 73.0. The molecular weight excluding hydrogens is 765 g/mol. The van der Waals surface area contributed by atoms with Gasteiger partial charge in [0, 0.05) is 37.7 Å². The normalized spacial score (nSPS) is 14.8. The molecule has 1 fully saturated rings. The van der Waals surface area contributed by atoms with E-state index < -0.39 is 24.2 Å². The Balaban J connectivity index is 0.934. The highest BCUT2D eigenvalue weighted by molar-refractivity contribution is 5.88. The second kappa shape index (κ2) is 18.7. The zero-order chi connectivity index (χ0) is 42.2. The first-order chi connectivity index (χ1) is 29.1. The molecule has 0 spiro atoms. The number of alkyl carbamates (subject to hydrolysis) is 1. The van der Waals surface area contributed by atoms with Crippen LogP contribution in [0.25, 0.3) is 45.1 Å². The number of hydrogen-bond donors (Lipinski definition) is 6. The van der Waals surface area contributed by atoms with Crippen LogP contribution in [-0.4, -0.2) is 87.0 Å². The number of nitrogens with zero attached hydrogens (tertiary/aromatic N) is 4. The van der Waals surface area contributed by atoms with Crippen molar-refractivity contribution >= 4 is 35.0 Å². The predicted molar refractivity (Wildman–Crippen MR) is 225 cm³/mol. The summed E-state index contributed by atoms with van der Waals surface area (Å²) < 4.78 is 11.0. The fraction of sp³-hybridized carbons (Fsp3) is 0.341. The van der Waals surface area contributed by atoms with E-state index in [4.69, 9.17) is 14.1 Å². The average Bonchev–Trinajstić information content (AvgIpc) is 4.11. The molecule has 3 aromatic heterocycles. The van der Waals surface area contributed by atoms with Crippen LogP contribution in [-0.2, 0) is 20.7 Å². The number of rotatable bonds is 15. The van der Waals surface area contributed by atoms with E-state index in [0.717, 1.165) is 65.1 Å². The molecule has 60 heavy (non-hydrogen) atoms. The van der Waals surface area contributed by atoms with Gasteiger partial charge in [-0.25, -0.2) is 24.5 Å². The van der Waals surface area contributed by atoms with E-state index >= 15 is 0 Å². The molecule has 5 amide bonds. The van der Waals surface area contributed by atoms with Crippen molar-refractivity contribution in [1.29, 1.82) is 0 Å². The molecule has 3 unspecified atom stereocenters. The molecule has 1 aliphatic heterocycles. The van der Waals surface area contributed by atoms with Gasteiger partial charge >= 0.3 is 12.1 Å². The van der Waals surface area contributed by atoms with E-state index in [-0.39, 0.29) is 23.8 Å². The number of benzene rings is 3. The van der Waals surface area contributed by atoms with E-state index in [9.17, 15) is 19.2 Å². The van der Waals surface area contributed by atoms with Gasteiger partial charge in [-0.3, -0.25) is 9.59 Å². The minimum Gasteiger partial charge on any atom is -0.453 e. The number of aromatic nitrogens is 5. The Kier molecular flexibility index (Phi) is 12.9. The molecule has 6 aromatic rings. The number of likely N-dealkylation sites (tertiary alicyclic amines) is 1. The van der Waals surface area contributed by atoms with Gasteiger partial charge < -0.3 is 45.3 Å². The van der Waals surface area contributed by atoms with Crippen LogP contribution in [0.3, 0.4) is 0 Å². The average molecular weight is 815 g/mol. The second-order valence-electron chi connectivity index (χ2n) is 15.1. The molecule has 0 saturated carbocycles. The number of carbonyl (C=O) groups excluding carboxylic acids is 4. The summed E-state index contributed by atoms with van der Waals surface area (Å²) in [6.45, 7) is 4.83. The van der Waals surface area contributed by atoms with E-state index in [0.29, 0.717) is 42.4 Å². The maximum atomic E-state index is 13.5. The molecule has 1 aliphatic rings. The summed E-state index contributed by atoms with van der Waals surface area (Å²) in [6, 6.07) is 20.7. The number of aryl methyl sites for hydroxylation is 1. The first kappa shape index (κ1) is 41.2. The Bertz CT molecular complexity index is 2420. The number of urea groups is 1. The molecule has 312 valence electrons. The lowest BCUT2D eigenvalue weighted by atomic mass is 10.0. The van der Waals surface area contributed by atoms with Gasteiger partial charge in [0.05, 0.1) is 36.9 Å². The summed E-state index contributed by atoms with van der Waals surface area (Å²) in [6.07, 6.45) is 6.78. The highest BCUT2D eigenvalue weighted by Gasteiger charge is 2.37. The Morgan fingerprint density at radius 1 is 0.900 bits per heavy atom. The van der Waals surface area contributed by atoms with Crippen molar-refractivity contribution in [3.63, 3.8) is 0 Å². The number of amides is 5. The van der Waals surface area contributed by atoms with Crippen molar-refractivity contribution < 1.29 is 28.3 Å². The topological polar surface area (TPSA) is 212 Å². The molecule has 16 nitrogen and oxygen atoms in total. The van der Waals surface area contributed by atoms with Crippen molar-refractivity contribution in [2.75, 3.05) is 27.2 Å². The van der Waals surface area contributed by atoms with Crippen molar-refractivity contribution in [3.8, 4) is 34.0 Å². The predicted octanol–water partition coefficient (Wildman–Crippen LogP) is 6.43. The van der Waals surface area contributed by atoms with Crippen LogP contribution in [0.2, 0.25) is 0 Å². The summed E-state index contributed by atoms with van der Waals surface area (Å²) in [5.74, 6) is 1.50. The fourth-order valence-corrected chi connectivity index (χ4v) is 7.37. The van der Waals surface area contributed by atoms with Crippen molar-refractivity contribution in [3.05, 3.63) is 102 Å². The van der Waals surface area contributed by atoms with Gasteiger partial charge in [0.25, 0.3) is 0 Å². The smallest absolute Gasteiger partial charge is 0.407 e. The largest absolute Gasteiger partial charge is 0.453 e. The number of fused-ring (bicyclic) bond motifs is 1. The SMILES string of the molecule is CNC(=O)NC(C(=O)NCCCCc1ncc(-c2ccc3nc(-c4ccc(-c5cnc(C6CCCN6C(=O)C(NC(=O)OC)C(C)C)[nH]5)cc4)oc3c2)[nH]1)c1ccccc1. The number of carbonyl (C=O) groups is 4. The standard InChI is InChI=1S/C44H50N10O6/c1-26(2)37(53-44(58)59-4)42(56)54-22-10-13-34(54)39-48-25-32(50-39)27-15-17-29(18-16-27)41-51-31-20-19-30(23-35(31)60-41)33-24-47-36(49-33)14-8-9-21-46-40(55)38(52-43(57)45-3)28-11-6-5-7-12-28/h5-7,11-12,15-20,23-26,34,37-38H,8-10,13-14,21-22H2,1-4H3,(H,46,55)(H,47,49)(H,48,50)(H,53,58)(H2,45,52,57). The monoisotopic (exact) mass is 814 g/mol. The second-order valence-corrected chi connectivity index (χ2v) is 15.1. The van der Waals surface area contributed by atoms with Crippen LogP contribution >= 0.6 is 0 Å². The molecular formula is C44H50N10O6. The maximum Gasteiger partial charge on any atom is 0.407 e. The van der Waals surface area contributed by atoms with Crippen molar-refractivity contribution in [1.82, 2.24) is 51.1 Å². The molecule has 0 bridgehead atoms. The lowest BCUT2D eigenvalue weighted by molar-refractivity contribution is -0.135. The number of ether oxygens (including phenoxy) is 1. The number of H-pyrrole nitrogens is 2. The molecule has 0 aliphatic carbocycles. The third-order valence-electron chi connectivity index (χ3n) is 10.6. The van der Waals surface area contributed by atoms with E-state index in [1.54, 1.807) is 17.3 Å². The number of unbranched alkanes of at least 4 members (excludes halogenated alkanes) is 1. The highest BCUT2D eigenvalue weighted by atomic mass is 16.5. The number of imidazole rings is 2. The summed E-state index contributed by atoms with van der Waals surface area (Å²) in [5, 5.41) is 10.8. The van der Waals surface area contributed by atoms with Crippen LogP contribution in [0.5, 0.6) is 0 Å². The van der Waals surface area contributed by atoms with Crippen LogP contribution < -0.4 is 21.3 Å². The molecule has 4 heterocycles. The first-order valence-electron chi connectivity index (χ1n) is 20.2. The minimum absolute atomic E-state index is 0.115. The van der Waals surface area contributed by atoms with Gasteiger partial charge in [0.15, 0.2) is 5.58 Å². The minimum atomic E-state index is -0.793. The van der Waals surface area contributed by atoms with E-state index in [1.807, 2.05) is 86.6 Å². The Morgan fingerprint density at radius 3 is 2.38 bits per heavy atom. The van der Waals surface area contributed by atoms with Crippen LogP contribution in [0.4, 0.5) is 9.59 Å². The van der Waals surface area contributed by atoms with Crippen LogP contribution in [0, 0.1) is 5.92 Å². The summed E-state index contributed by atoms with van der Waals surface area (Å²) in [5.41, 5.74) is 6.42. The quantitative estimate of drug-likeness (QED) is 0.0630. The van der Waals surface area contributed by atoms with Crippen molar-refractivity contribution in [2.45, 2.75) is 64.1 Å². The molecule has 3 atom stereocenters. The van der Waals surface area contributed by atoms with Gasteiger partial charge in [-0.2, -0.15) is 0 Å². The van der Waals surface area contributed by atoms with Gasteiger partial charge in [-0.1, -0.05) is 62.4 Å². The zero-order valence-electron chi connectivity index (χ0n) is 34.1. The molecule has 16 heteroatoms. The lowest BCUT2D eigenvalue weighted by Gasteiger charge is -2.30. The zero-order valence-corrected chi connectivity index (χ0v) is 34.1. The molecule has 7 rings (SSSR count). The van der Waals surface area contributed by atoms with Gasteiger partial charge in [-0.05, 0) is 67.0 Å². The highest BCUT2D eigenvalue weighted by Crippen LogP contribution is 2.34. The Morgan fingerprint density at radius 2 is 1.63 bits per heavy atom. The first-order valence-corrected chi connectivity index (χ1v) is 20.2. The lowest BCUT2D eigenvalue weighted by Crippen LogP contribution is -2.51. The van der Waals surface area contributed by atoms with Gasteiger partial charge in [0.2, 0.25) is 17.7 Å². The number of aromatic amines is 2. The van der Waals surface area contributed by atoms with E-state index in [2.05, 4.69) is 41.2 Å². The summed E-state index contributed by atoms with van der Waals surface area (Å²) >= 11 is 0. The van der Waals surface area contributed by atoms with Crippen LogP contribution in [0.1, 0.15) is 68.8 Å². The molecule has 0 radical (unpaired) electrons. The number of nitrogens with one attached hydrogen (secondary N) is 6. The molecule has 1 saturated heterocycles. The maximum absolute atomic E-state index is 13.5. The summed E-state index contributed by atoms with van der Waals surface area (Å²) in [7, 11) is 2.79. The Hall–Kier alpha value is -6.97.